The predicted octanol–water partition coefficient (Wildman–Crippen LogP) is 6.86. The van der Waals surface area contributed by atoms with E-state index in [1.807, 2.05) is 30.3 Å². The summed E-state index contributed by atoms with van der Waals surface area (Å²) >= 11 is 0. The first-order chi connectivity index (χ1) is 14.1. The molecule has 0 spiro atoms. The van der Waals surface area contributed by atoms with E-state index in [0.29, 0.717) is 5.92 Å². The summed E-state index contributed by atoms with van der Waals surface area (Å²) in [5.74, 6) is 1.32. The lowest BCUT2D eigenvalue weighted by Gasteiger charge is -2.12. The van der Waals surface area contributed by atoms with Crippen molar-refractivity contribution in [3.8, 4) is 5.75 Å². The third-order valence-corrected chi connectivity index (χ3v) is 5.63. The topological polar surface area (TPSA) is 35.3 Å². The minimum absolute atomic E-state index is 0.458. The van der Waals surface area contributed by atoms with Crippen LogP contribution in [-0.4, -0.2) is 12.1 Å². The Kier molecular flexibility index (Phi) is 4.24. The van der Waals surface area contributed by atoms with Crippen LogP contribution in [0, 0.1) is 0 Å². The van der Waals surface area contributed by atoms with Crippen LogP contribution in [-0.2, 0) is 6.42 Å². The Morgan fingerprint density at radius 1 is 0.931 bits per heavy atom. The van der Waals surface area contributed by atoms with Crippen molar-refractivity contribution in [3.63, 3.8) is 0 Å². The average molecular weight is 381 g/mol. The maximum absolute atomic E-state index is 6.32. The van der Waals surface area contributed by atoms with Gasteiger partial charge in [-0.1, -0.05) is 44.2 Å². The lowest BCUT2D eigenvalue weighted by molar-refractivity contribution is 0.414. The van der Waals surface area contributed by atoms with Gasteiger partial charge in [-0.05, 0) is 53.4 Å². The Hall–Kier alpha value is -3.33. The summed E-state index contributed by atoms with van der Waals surface area (Å²) < 4.78 is 11.6. The molecular weight excluding hydrogens is 358 g/mol. The van der Waals surface area contributed by atoms with Gasteiger partial charge in [0.2, 0.25) is 0 Å². The number of para-hydroxylation sites is 1. The molecule has 0 amide bonds. The fourth-order valence-electron chi connectivity index (χ4n) is 3.97. The molecular formula is C26H23NO2. The molecule has 0 atom stereocenters. The van der Waals surface area contributed by atoms with E-state index in [0.717, 1.165) is 39.8 Å². The Bertz CT molecular complexity index is 1330. The summed E-state index contributed by atoms with van der Waals surface area (Å²) in [4.78, 5) is 4.98. The van der Waals surface area contributed by atoms with Gasteiger partial charge in [0.25, 0.3) is 0 Å². The molecule has 144 valence electrons. The maximum Gasteiger partial charge on any atom is 0.158 e. The van der Waals surface area contributed by atoms with Crippen molar-refractivity contribution in [2.45, 2.75) is 26.2 Å². The van der Waals surface area contributed by atoms with E-state index in [1.54, 1.807) is 7.11 Å². The molecule has 0 unspecified atom stereocenters. The van der Waals surface area contributed by atoms with Crippen molar-refractivity contribution in [3.05, 3.63) is 83.4 Å². The number of nitrogens with zero attached hydrogens (tertiary/aromatic N) is 1. The van der Waals surface area contributed by atoms with Gasteiger partial charge in [0.15, 0.2) is 5.58 Å². The van der Waals surface area contributed by atoms with Crippen LogP contribution in [0.4, 0.5) is 0 Å². The van der Waals surface area contributed by atoms with Gasteiger partial charge < -0.3 is 9.15 Å². The number of rotatable bonds is 4. The fourth-order valence-corrected chi connectivity index (χ4v) is 3.97. The molecule has 2 aromatic heterocycles. The predicted molar refractivity (Wildman–Crippen MR) is 119 cm³/mol. The van der Waals surface area contributed by atoms with E-state index >= 15 is 0 Å². The number of hydrogen-bond acceptors (Lipinski definition) is 3. The van der Waals surface area contributed by atoms with Crippen molar-refractivity contribution in [1.82, 2.24) is 4.98 Å². The second kappa shape index (κ2) is 6.93. The quantitative estimate of drug-likeness (QED) is 0.341. The highest BCUT2D eigenvalue weighted by Gasteiger charge is 2.17. The highest BCUT2D eigenvalue weighted by molar-refractivity contribution is 6.08. The molecule has 0 aliphatic heterocycles. The Morgan fingerprint density at radius 2 is 1.72 bits per heavy atom. The minimum Gasteiger partial charge on any atom is -0.497 e. The van der Waals surface area contributed by atoms with Crippen molar-refractivity contribution < 1.29 is 9.15 Å². The summed E-state index contributed by atoms with van der Waals surface area (Å²) in [5, 5.41) is 2.23. The number of pyridine rings is 1. The van der Waals surface area contributed by atoms with Crippen molar-refractivity contribution in [1.29, 1.82) is 0 Å². The summed E-state index contributed by atoms with van der Waals surface area (Å²) in [6, 6.07) is 23.0. The number of benzene rings is 3. The van der Waals surface area contributed by atoms with E-state index in [2.05, 4.69) is 50.2 Å². The summed E-state index contributed by atoms with van der Waals surface area (Å²) in [7, 11) is 1.69. The van der Waals surface area contributed by atoms with E-state index in [4.69, 9.17) is 14.1 Å². The molecule has 2 heterocycles. The molecule has 0 radical (unpaired) electrons. The summed E-state index contributed by atoms with van der Waals surface area (Å²) in [6.07, 6.45) is 0.779. The molecule has 5 aromatic rings. The SMILES string of the molecule is COc1ccc(Cc2c3cc(C(C)C)ccc3nc3c2oc2ccccc23)cc1. The van der Waals surface area contributed by atoms with Crippen LogP contribution >= 0.6 is 0 Å². The maximum atomic E-state index is 6.32. The number of fused-ring (bicyclic) bond motifs is 4. The van der Waals surface area contributed by atoms with Gasteiger partial charge in [-0.3, -0.25) is 0 Å². The smallest absolute Gasteiger partial charge is 0.158 e. The molecule has 3 nitrogen and oxygen atoms in total. The standard InChI is InChI=1S/C26H23NO2/c1-16(2)18-10-13-23-21(15-18)22(14-17-8-11-19(28-3)12-9-17)26-25(27-23)20-6-4-5-7-24(20)29-26/h4-13,15-16H,14H2,1-3H3. The van der Waals surface area contributed by atoms with Crippen LogP contribution in [0.3, 0.4) is 0 Å². The van der Waals surface area contributed by atoms with Crippen LogP contribution in [0.2, 0.25) is 0 Å². The molecule has 3 heteroatoms. The van der Waals surface area contributed by atoms with Crippen LogP contribution in [0.15, 0.2) is 71.1 Å². The van der Waals surface area contributed by atoms with Crippen LogP contribution < -0.4 is 4.74 Å². The molecule has 29 heavy (non-hydrogen) atoms. The first-order valence-corrected chi connectivity index (χ1v) is 10.0. The second-order valence-electron chi connectivity index (χ2n) is 7.82. The Balaban J connectivity index is 1.80. The van der Waals surface area contributed by atoms with Gasteiger partial charge >= 0.3 is 0 Å². The zero-order chi connectivity index (χ0) is 20.0. The molecule has 3 aromatic carbocycles. The molecule has 0 saturated heterocycles. The van der Waals surface area contributed by atoms with Crippen molar-refractivity contribution in [2.24, 2.45) is 0 Å². The molecule has 5 rings (SSSR count). The fraction of sp³-hybridized carbons (Fsp3) is 0.192. The number of aromatic nitrogens is 1. The van der Waals surface area contributed by atoms with Gasteiger partial charge in [-0.15, -0.1) is 0 Å². The molecule has 0 fully saturated rings. The van der Waals surface area contributed by atoms with Crippen LogP contribution in [0.5, 0.6) is 5.75 Å². The van der Waals surface area contributed by atoms with Crippen molar-refractivity contribution in [2.75, 3.05) is 7.11 Å². The summed E-state index contributed by atoms with van der Waals surface area (Å²) in [6.45, 7) is 4.44. The number of hydrogen-bond donors (Lipinski definition) is 0. The monoisotopic (exact) mass is 381 g/mol. The van der Waals surface area contributed by atoms with E-state index < -0.39 is 0 Å². The zero-order valence-electron chi connectivity index (χ0n) is 16.9. The first-order valence-electron chi connectivity index (χ1n) is 10.0. The van der Waals surface area contributed by atoms with Gasteiger partial charge in [-0.2, -0.15) is 0 Å². The molecule has 0 saturated carbocycles. The minimum atomic E-state index is 0.458. The van der Waals surface area contributed by atoms with Crippen LogP contribution in [0.1, 0.15) is 36.5 Å². The number of furan rings is 1. The van der Waals surface area contributed by atoms with E-state index in [9.17, 15) is 0 Å². The van der Waals surface area contributed by atoms with E-state index in [-0.39, 0.29) is 0 Å². The molecule has 0 aliphatic carbocycles. The highest BCUT2D eigenvalue weighted by Crippen LogP contribution is 2.36. The second-order valence-corrected chi connectivity index (χ2v) is 7.82. The average Bonchev–Trinajstić information content (AvgIpc) is 3.12. The molecule has 0 aliphatic rings. The molecule has 0 bridgehead atoms. The third kappa shape index (κ3) is 3.03. The largest absolute Gasteiger partial charge is 0.497 e. The van der Waals surface area contributed by atoms with Gasteiger partial charge in [0.1, 0.15) is 16.8 Å². The van der Waals surface area contributed by atoms with Gasteiger partial charge in [0, 0.05) is 22.8 Å². The number of ether oxygens (including phenoxy) is 1. The molecule has 0 N–H and O–H groups in total. The highest BCUT2D eigenvalue weighted by atomic mass is 16.5. The Morgan fingerprint density at radius 3 is 2.48 bits per heavy atom. The first kappa shape index (κ1) is 17.7. The van der Waals surface area contributed by atoms with Gasteiger partial charge in [-0.25, -0.2) is 4.98 Å². The number of methoxy groups -OCH3 is 1. The van der Waals surface area contributed by atoms with Gasteiger partial charge in [0.05, 0.1) is 12.6 Å². The summed E-state index contributed by atoms with van der Waals surface area (Å²) in [5.41, 5.74) is 7.43. The normalized spacial score (nSPS) is 11.7. The van der Waals surface area contributed by atoms with Crippen LogP contribution in [0.25, 0.3) is 33.0 Å². The lowest BCUT2D eigenvalue weighted by Crippen LogP contribution is -1.96. The van der Waals surface area contributed by atoms with Crippen molar-refractivity contribution >= 4 is 33.0 Å². The zero-order valence-corrected chi connectivity index (χ0v) is 16.9. The lowest BCUT2D eigenvalue weighted by atomic mass is 9.95. The van der Waals surface area contributed by atoms with E-state index in [1.165, 1.54) is 22.1 Å². The third-order valence-electron chi connectivity index (χ3n) is 5.63. The Labute approximate surface area is 169 Å².